The second-order valence-corrected chi connectivity index (χ2v) is 6.60. The second-order valence-electron chi connectivity index (χ2n) is 6.60. The first kappa shape index (κ1) is 14.2. The number of aryl methyl sites for hydroxylation is 1. The summed E-state index contributed by atoms with van der Waals surface area (Å²) in [6.45, 7) is 0.448. The first-order valence-electron chi connectivity index (χ1n) is 8.51. The van der Waals surface area contributed by atoms with Gasteiger partial charge in [-0.2, -0.15) is 0 Å². The lowest BCUT2D eigenvalue weighted by Crippen LogP contribution is -2.00. The van der Waals surface area contributed by atoms with Crippen molar-refractivity contribution in [3.63, 3.8) is 0 Å². The number of fused-ring (bicyclic) bond motifs is 5. The Bertz CT molecular complexity index is 1090. The second kappa shape index (κ2) is 5.18. The minimum Gasteiger partial charge on any atom is -0.494 e. The summed E-state index contributed by atoms with van der Waals surface area (Å²) in [6, 6.07) is 18.0. The van der Waals surface area contributed by atoms with Gasteiger partial charge in [0, 0.05) is 27.7 Å². The first-order chi connectivity index (χ1) is 12.2. The highest BCUT2D eigenvalue weighted by Gasteiger charge is 2.30. The van der Waals surface area contributed by atoms with Crippen LogP contribution in [0.4, 0.5) is 0 Å². The van der Waals surface area contributed by atoms with E-state index in [-0.39, 0.29) is 11.8 Å². The zero-order chi connectivity index (χ0) is 17.0. The van der Waals surface area contributed by atoms with E-state index in [1.807, 2.05) is 48.5 Å². The molecule has 25 heavy (non-hydrogen) atoms. The van der Waals surface area contributed by atoms with Gasteiger partial charge in [-0.15, -0.1) is 0 Å². The van der Waals surface area contributed by atoms with Gasteiger partial charge in [-0.3, -0.25) is 4.57 Å². The van der Waals surface area contributed by atoms with Crippen LogP contribution in [0.2, 0.25) is 0 Å². The molecule has 4 nitrogen and oxygen atoms in total. The van der Waals surface area contributed by atoms with Gasteiger partial charge >= 0.3 is 0 Å². The van der Waals surface area contributed by atoms with E-state index in [0.717, 1.165) is 51.7 Å². The number of rotatable bonds is 2. The molecule has 3 N–H and O–H groups in total. The van der Waals surface area contributed by atoms with Crippen molar-refractivity contribution >= 4 is 10.9 Å². The standard InChI is InChI=1S/C21H18N2O2/c24-20-15-10-11-17-18(14-8-4-5-9-16(14)22-17)19(15)21(25)23(20)12-13-6-2-1-3-7-13/h1-9,22,24-25H,10-12H2. The SMILES string of the molecule is Oc1c2c(c(O)n1Cc1ccccc1)-c1c([nH]c3ccccc13)CC2. The van der Waals surface area contributed by atoms with Crippen molar-refractivity contribution in [2.45, 2.75) is 19.4 Å². The van der Waals surface area contributed by atoms with Crippen molar-refractivity contribution in [3.05, 3.63) is 71.4 Å². The van der Waals surface area contributed by atoms with Crippen molar-refractivity contribution < 1.29 is 10.2 Å². The van der Waals surface area contributed by atoms with E-state index in [4.69, 9.17) is 0 Å². The predicted molar refractivity (Wildman–Crippen MR) is 98.0 cm³/mol. The minimum absolute atomic E-state index is 0.141. The monoisotopic (exact) mass is 330 g/mol. The third-order valence-electron chi connectivity index (χ3n) is 5.15. The Hall–Kier alpha value is -3.14. The molecule has 0 spiro atoms. The van der Waals surface area contributed by atoms with Crippen molar-refractivity contribution in [1.29, 1.82) is 0 Å². The fraction of sp³-hybridized carbons (Fsp3) is 0.143. The van der Waals surface area contributed by atoms with E-state index < -0.39 is 0 Å². The van der Waals surface area contributed by atoms with E-state index in [9.17, 15) is 10.2 Å². The Kier molecular flexibility index (Phi) is 2.95. The zero-order valence-corrected chi connectivity index (χ0v) is 13.7. The van der Waals surface area contributed by atoms with Crippen LogP contribution in [0.1, 0.15) is 16.8 Å². The van der Waals surface area contributed by atoms with E-state index in [1.54, 1.807) is 4.57 Å². The summed E-state index contributed by atoms with van der Waals surface area (Å²) in [5.74, 6) is 0.314. The molecule has 2 aromatic heterocycles. The van der Waals surface area contributed by atoms with Crippen LogP contribution in [0.3, 0.4) is 0 Å². The number of nitrogens with zero attached hydrogens (tertiary/aromatic N) is 1. The predicted octanol–water partition coefficient (Wildman–Crippen LogP) is 4.19. The quantitative estimate of drug-likeness (QED) is 0.516. The van der Waals surface area contributed by atoms with E-state index in [2.05, 4.69) is 11.1 Å². The molecule has 0 amide bonds. The lowest BCUT2D eigenvalue weighted by Gasteiger charge is -2.12. The average molecular weight is 330 g/mol. The van der Waals surface area contributed by atoms with Gasteiger partial charge in [-0.05, 0) is 24.5 Å². The van der Waals surface area contributed by atoms with Gasteiger partial charge < -0.3 is 15.2 Å². The fourth-order valence-corrected chi connectivity index (χ4v) is 3.98. The highest BCUT2D eigenvalue weighted by molar-refractivity contribution is 6.01. The average Bonchev–Trinajstić information content (AvgIpc) is 3.13. The summed E-state index contributed by atoms with van der Waals surface area (Å²) < 4.78 is 1.61. The summed E-state index contributed by atoms with van der Waals surface area (Å²) in [7, 11) is 0. The maximum atomic E-state index is 10.9. The Morgan fingerprint density at radius 2 is 1.60 bits per heavy atom. The molecule has 1 aliphatic carbocycles. The summed E-state index contributed by atoms with van der Waals surface area (Å²) in [6.07, 6.45) is 1.55. The van der Waals surface area contributed by atoms with E-state index in [0.29, 0.717) is 6.54 Å². The van der Waals surface area contributed by atoms with Crippen LogP contribution in [0.25, 0.3) is 22.0 Å². The molecule has 4 heteroatoms. The van der Waals surface area contributed by atoms with Gasteiger partial charge in [0.15, 0.2) is 5.88 Å². The minimum atomic E-state index is 0.141. The van der Waals surface area contributed by atoms with Crippen LogP contribution >= 0.6 is 0 Å². The number of para-hydroxylation sites is 1. The molecule has 4 aromatic rings. The van der Waals surface area contributed by atoms with Crippen molar-refractivity contribution in [2.75, 3.05) is 0 Å². The molecular formula is C21H18N2O2. The van der Waals surface area contributed by atoms with Crippen LogP contribution < -0.4 is 0 Å². The van der Waals surface area contributed by atoms with Crippen LogP contribution in [0.15, 0.2) is 54.6 Å². The summed E-state index contributed by atoms with van der Waals surface area (Å²) >= 11 is 0. The number of aromatic hydroxyl groups is 2. The Morgan fingerprint density at radius 1 is 0.840 bits per heavy atom. The Labute approximate surface area is 145 Å². The highest BCUT2D eigenvalue weighted by Crippen LogP contribution is 2.48. The number of nitrogens with one attached hydrogen (secondary N) is 1. The largest absolute Gasteiger partial charge is 0.494 e. The maximum absolute atomic E-state index is 10.9. The van der Waals surface area contributed by atoms with Crippen LogP contribution in [-0.2, 0) is 19.4 Å². The number of aromatic amines is 1. The van der Waals surface area contributed by atoms with E-state index >= 15 is 0 Å². The Balaban J connectivity index is 1.73. The number of H-pyrrole nitrogens is 1. The lowest BCUT2D eigenvalue weighted by atomic mass is 9.91. The van der Waals surface area contributed by atoms with Gasteiger partial charge in [0.25, 0.3) is 0 Å². The summed E-state index contributed by atoms with van der Waals surface area (Å²) in [5.41, 5.74) is 5.87. The van der Waals surface area contributed by atoms with Gasteiger partial charge in [0.1, 0.15) is 0 Å². The number of hydrogen-bond donors (Lipinski definition) is 3. The van der Waals surface area contributed by atoms with Gasteiger partial charge in [0.2, 0.25) is 5.88 Å². The topological polar surface area (TPSA) is 61.2 Å². The van der Waals surface area contributed by atoms with E-state index in [1.165, 1.54) is 0 Å². The Morgan fingerprint density at radius 3 is 2.44 bits per heavy atom. The van der Waals surface area contributed by atoms with Gasteiger partial charge in [0.05, 0.1) is 12.1 Å². The van der Waals surface area contributed by atoms with Crippen molar-refractivity contribution in [2.24, 2.45) is 0 Å². The molecule has 5 rings (SSSR count). The van der Waals surface area contributed by atoms with Gasteiger partial charge in [-0.1, -0.05) is 48.5 Å². The molecular weight excluding hydrogens is 312 g/mol. The van der Waals surface area contributed by atoms with Crippen LogP contribution in [0, 0.1) is 0 Å². The molecule has 0 saturated carbocycles. The summed E-state index contributed by atoms with van der Waals surface area (Å²) in [5, 5.41) is 22.8. The fourth-order valence-electron chi connectivity index (χ4n) is 3.98. The number of hydrogen-bond acceptors (Lipinski definition) is 2. The summed E-state index contributed by atoms with van der Waals surface area (Å²) in [4.78, 5) is 3.46. The maximum Gasteiger partial charge on any atom is 0.202 e. The molecule has 0 unspecified atom stereocenters. The van der Waals surface area contributed by atoms with Crippen LogP contribution in [-0.4, -0.2) is 19.8 Å². The first-order valence-corrected chi connectivity index (χ1v) is 8.51. The molecule has 2 aromatic carbocycles. The number of benzene rings is 2. The molecule has 0 bridgehead atoms. The third-order valence-corrected chi connectivity index (χ3v) is 5.15. The van der Waals surface area contributed by atoms with Crippen molar-refractivity contribution in [1.82, 2.24) is 9.55 Å². The number of aromatic nitrogens is 2. The van der Waals surface area contributed by atoms with Gasteiger partial charge in [-0.25, -0.2) is 0 Å². The molecule has 0 fully saturated rings. The van der Waals surface area contributed by atoms with Crippen molar-refractivity contribution in [3.8, 4) is 22.9 Å². The smallest absolute Gasteiger partial charge is 0.202 e. The molecule has 0 radical (unpaired) electrons. The molecule has 1 aliphatic rings. The zero-order valence-electron chi connectivity index (χ0n) is 13.7. The normalized spacial score (nSPS) is 13.0. The third kappa shape index (κ3) is 2.00. The van der Waals surface area contributed by atoms with Crippen LogP contribution in [0.5, 0.6) is 11.8 Å². The lowest BCUT2D eigenvalue weighted by molar-refractivity contribution is 0.376. The highest BCUT2D eigenvalue weighted by atomic mass is 16.3. The molecule has 2 heterocycles. The molecule has 124 valence electrons. The molecule has 0 aliphatic heterocycles. The molecule has 0 atom stereocenters. The molecule has 0 saturated heterocycles.